The molecule has 1 unspecified atom stereocenters. The summed E-state index contributed by atoms with van der Waals surface area (Å²) >= 11 is 5.91. The molecule has 1 saturated heterocycles. The monoisotopic (exact) mass is 456 g/mol. The summed E-state index contributed by atoms with van der Waals surface area (Å²) in [7, 11) is -3.98. The van der Waals surface area contributed by atoms with Gasteiger partial charge in [-0.3, -0.25) is 0 Å². The Morgan fingerprint density at radius 3 is 2.18 bits per heavy atom. The van der Waals surface area contributed by atoms with Crippen LogP contribution in [0.4, 0.5) is 13.2 Å². The van der Waals surface area contributed by atoms with Crippen LogP contribution in [0.2, 0.25) is 5.02 Å². The SMILES string of the molecule is Cl.O=S(=O)(NC1(c2ccc(Cl)cc2)CCNC1)c1ccc(OC(F)(F)F)cc1. The van der Waals surface area contributed by atoms with Gasteiger partial charge in [-0.1, -0.05) is 23.7 Å². The van der Waals surface area contributed by atoms with Gasteiger partial charge >= 0.3 is 6.36 Å². The third-order valence-electron chi connectivity index (χ3n) is 4.25. The fraction of sp³-hybridized carbons (Fsp3) is 0.294. The Morgan fingerprint density at radius 1 is 1.07 bits per heavy atom. The Hall–Kier alpha value is -1.52. The van der Waals surface area contributed by atoms with Crippen LogP contribution in [0, 0.1) is 0 Å². The number of alkyl halides is 3. The van der Waals surface area contributed by atoms with Crippen molar-refractivity contribution in [1.82, 2.24) is 10.0 Å². The highest BCUT2D eigenvalue weighted by Crippen LogP contribution is 2.31. The summed E-state index contributed by atoms with van der Waals surface area (Å²) in [5.74, 6) is -0.489. The number of rotatable bonds is 5. The summed E-state index contributed by atoms with van der Waals surface area (Å²) in [4.78, 5) is -0.155. The molecule has 1 heterocycles. The van der Waals surface area contributed by atoms with E-state index in [1.54, 1.807) is 24.3 Å². The first-order valence-corrected chi connectivity index (χ1v) is 9.82. The van der Waals surface area contributed by atoms with E-state index in [0.717, 1.165) is 29.8 Å². The van der Waals surface area contributed by atoms with Crippen molar-refractivity contribution in [2.24, 2.45) is 0 Å². The van der Waals surface area contributed by atoms with E-state index in [9.17, 15) is 21.6 Å². The molecule has 2 N–H and O–H groups in total. The fourth-order valence-electron chi connectivity index (χ4n) is 2.99. The minimum absolute atomic E-state index is 0. The molecule has 2 aromatic carbocycles. The second kappa shape index (κ2) is 8.46. The first-order valence-electron chi connectivity index (χ1n) is 7.96. The molecule has 1 aliphatic heterocycles. The number of nitrogens with one attached hydrogen (secondary N) is 2. The van der Waals surface area contributed by atoms with Crippen LogP contribution in [0.5, 0.6) is 5.75 Å². The van der Waals surface area contributed by atoms with Gasteiger partial charge in [0.2, 0.25) is 10.0 Å². The van der Waals surface area contributed by atoms with E-state index >= 15 is 0 Å². The molecule has 0 bridgehead atoms. The molecule has 28 heavy (non-hydrogen) atoms. The average molecular weight is 457 g/mol. The maximum Gasteiger partial charge on any atom is 0.573 e. The van der Waals surface area contributed by atoms with Gasteiger partial charge in [0.05, 0.1) is 10.4 Å². The van der Waals surface area contributed by atoms with Gasteiger partial charge in [-0.2, -0.15) is 4.72 Å². The van der Waals surface area contributed by atoms with E-state index in [0.29, 0.717) is 24.5 Å². The number of halogens is 5. The van der Waals surface area contributed by atoms with Crippen molar-refractivity contribution in [3.05, 3.63) is 59.1 Å². The summed E-state index contributed by atoms with van der Waals surface area (Å²) in [5.41, 5.74) is -0.123. The van der Waals surface area contributed by atoms with E-state index in [1.807, 2.05) is 0 Å². The van der Waals surface area contributed by atoms with Crippen LogP contribution in [0.3, 0.4) is 0 Å². The van der Waals surface area contributed by atoms with Gasteiger partial charge in [0.25, 0.3) is 0 Å². The lowest BCUT2D eigenvalue weighted by atomic mass is 9.90. The molecule has 1 aliphatic rings. The van der Waals surface area contributed by atoms with E-state index in [1.165, 1.54) is 0 Å². The molecule has 0 aromatic heterocycles. The molecule has 11 heteroatoms. The third-order valence-corrected chi connectivity index (χ3v) is 6.05. The molecule has 3 rings (SSSR count). The first-order chi connectivity index (χ1) is 12.6. The van der Waals surface area contributed by atoms with E-state index in [2.05, 4.69) is 14.8 Å². The molecule has 2 aromatic rings. The second-order valence-electron chi connectivity index (χ2n) is 6.14. The molecule has 0 saturated carbocycles. The third kappa shape index (κ3) is 5.30. The van der Waals surface area contributed by atoms with E-state index < -0.39 is 27.7 Å². The van der Waals surface area contributed by atoms with Crippen LogP contribution < -0.4 is 14.8 Å². The van der Waals surface area contributed by atoms with Crippen LogP contribution in [-0.4, -0.2) is 27.9 Å². The molecular formula is C17H17Cl2F3N2O3S. The highest BCUT2D eigenvalue weighted by molar-refractivity contribution is 7.89. The average Bonchev–Trinajstić information content (AvgIpc) is 3.03. The van der Waals surface area contributed by atoms with Crippen LogP contribution in [0.15, 0.2) is 53.4 Å². The largest absolute Gasteiger partial charge is 0.573 e. The van der Waals surface area contributed by atoms with Crippen molar-refractivity contribution in [3.63, 3.8) is 0 Å². The number of hydrogen-bond acceptors (Lipinski definition) is 4. The molecule has 1 atom stereocenters. The Balaban J connectivity index is 0.00000280. The minimum atomic E-state index is -4.84. The summed E-state index contributed by atoms with van der Waals surface area (Å²) in [5, 5.41) is 3.66. The summed E-state index contributed by atoms with van der Waals surface area (Å²) < 4.78 is 68.8. The number of ether oxygens (including phenoxy) is 1. The summed E-state index contributed by atoms with van der Waals surface area (Å²) in [6.07, 6.45) is -4.32. The Labute approximate surface area is 171 Å². The molecule has 0 amide bonds. The normalized spacial score (nSPS) is 19.9. The lowest BCUT2D eigenvalue weighted by Gasteiger charge is -2.30. The summed E-state index contributed by atoms with van der Waals surface area (Å²) in [6.45, 7) is 0.993. The highest BCUT2D eigenvalue weighted by atomic mass is 35.5. The zero-order valence-corrected chi connectivity index (χ0v) is 16.7. The van der Waals surface area contributed by atoms with E-state index in [-0.39, 0.29) is 17.3 Å². The van der Waals surface area contributed by atoms with Gasteiger partial charge in [0, 0.05) is 11.6 Å². The first kappa shape index (κ1) is 22.8. The standard InChI is InChI=1S/C17H16ClF3N2O3S.ClH/c18-13-3-1-12(2-4-13)16(9-10-22-11-16)23-27(24,25)15-7-5-14(6-8-15)26-17(19,20)21;/h1-8,22-23H,9-11H2;1H. The van der Waals surface area contributed by atoms with Crippen LogP contribution in [-0.2, 0) is 15.6 Å². The maximum absolute atomic E-state index is 12.8. The van der Waals surface area contributed by atoms with Crippen molar-refractivity contribution < 1.29 is 26.3 Å². The van der Waals surface area contributed by atoms with Crippen molar-refractivity contribution in [3.8, 4) is 5.75 Å². The second-order valence-corrected chi connectivity index (χ2v) is 8.26. The maximum atomic E-state index is 12.8. The molecular weight excluding hydrogens is 440 g/mol. The van der Waals surface area contributed by atoms with Gasteiger partial charge in [-0.05, 0) is 54.9 Å². The lowest BCUT2D eigenvalue weighted by molar-refractivity contribution is -0.274. The van der Waals surface area contributed by atoms with Crippen molar-refractivity contribution >= 4 is 34.0 Å². The number of hydrogen-bond donors (Lipinski definition) is 2. The quantitative estimate of drug-likeness (QED) is 0.717. The fourth-order valence-corrected chi connectivity index (χ4v) is 4.53. The molecule has 5 nitrogen and oxygen atoms in total. The highest BCUT2D eigenvalue weighted by Gasteiger charge is 2.39. The van der Waals surface area contributed by atoms with Crippen molar-refractivity contribution in [1.29, 1.82) is 0 Å². The van der Waals surface area contributed by atoms with E-state index in [4.69, 9.17) is 11.6 Å². The minimum Gasteiger partial charge on any atom is -0.406 e. The Morgan fingerprint density at radius 2 is 1.68 bits per heavy atom. The van der Waals surface area contributed by atoms with Crippen molar-refractivity contribution in [2.45, 2.75) is 23.2 Å². The lowest BCUT2D eigenvalue weighted by Crippen LogP contribution is -2.47. The zero-order chi connectivity index (χ0) is 19.7. The molecule has 1 fully saturated rings. The van der Waals surface area contributed by atoms with Gasteiger partial charge < -0.3 is 10.1 Å². The zero-order valence-electron chi connectivity index (χ0n) is 14.3. The molecule has 0 spiro atoms. The topological polar surface area (TPSA) is 67.4 Å². The van der Waals surface area contributed by atoms with Crippen LogP contribution >= 0.6 is 24.0 Å². The Bertz CT molecular complexity index is 899. The predicted molar refractivity (Wildman–Crippen MR) is 101 cm³/mol. The number of benzene rings is 2. The molecule has 0 radical (unpaired) electrons. The van der Waals surface area contributed by atoms with Gasteiger partial charge in [0.15, 0.2) is 0 Å². The predicted octanol–water partition coefficient (Wildman–Crippen LogP) is 3.83. The van der Waals surface area contributed by atoms with Gasteiger partial charge in [0.1, 0.15) is 5.75 Å². The van der Waals surface area contributed by atoms with Gasteiger partial charge in [-0.25, -0.2) is 8.42 Å². The molecule has 154 valence electrons. The van der Waals surface area contributed by atoms with Gasteiger partial charge in [-0.15, -0.1) is 25.6 Å². The number of sulfonamides is 1. The smallest absolute Gasteiger partial charge is 0.406 e. The molecule has 0 aliphatic carbocycles. The Kier molecular flexibility index (Phi) is 6.88. The van der Waals surface area contributed by atoms with Crippen molar-refractivity contribution in [2.75, 3.05) is 13.1 Å². The summed E-state index contributed by atoms with van der Waals surface area (Å²) in [6, 6.07) is 10.9. The van der Waals surface area contributed by atoms with Crippen LogP contribution in [0.1, 0.15) is 12.0 Å². The van der Waals surface area contributed by atoms with Crippen LogP contribution in [0.25, 0.3) is 0 Å².